The number of oxazole rings is 1. The zero-order chi connectivity index (χ0) is 16.7. The Morgan fingerprint density at radius 2 is 2.21 bits per heavy atom. The quantitative estimate of drug-likeness (QED) is 0.841. The molecule has 7 nitrogen and oxygen atoms in total. The third kappa shape index (κ3) is 2.73. The fraction of sp³-hybridized carbons (Fsp3) is 0.588. The van der Waals surface area contributed by atoms with E-state index in [1.54, 1.807) is 11.8 Å². The van der Waals surface area contributed by atoms with Crippen molar-refractivity contribution in [2.45, 2.75) is 45.9 Å². The minimum atomic E-state index is -0.127. The molecular formula is C17H22N4O3. The fourth-order valence-electron chi connectivity index (χ4n) is 3.20. The summed E-state index contributed by atoms with van der Waals surface area (Å²) >= 11 is 0. The summed E-state index contributed by atoms with van der Waals surface area (Å²) in [7, 11) is 0. The van der Waals surface area contributed by atoms with E-state index in [0.29, 0.717) is 24.6 Å². The van der Waals surface area contributed by atoms with Gasteiger partial charge in [-0.2, -0.15) is 0 Å². The molecule has 1 amide bonds. The van der Waals surface area contributed by atoms with Gasteiger partial charge in [-0.25, -0.2) is 9.97 Å². The normalized spacial score (nSPS) is 20.2. The van der Waals surface area contributed by atoms with E-state index in [0.717, 1.165) is 30.6 Å². The lowest BCUT2D eigenvalue weighted by Crippen LogP contribution is -2.41. The number of amides is 1. The lowest BCUT2D eigenvalue weighted by atomic mass is 10.2. The molecule has 2 aliphatic rings. The molecule has 1 saturated carbocycles. The van der Waals surface area contributed by atoms with Gasteiger partial charge in [-0.05, 0) is 32.6 Å². The summed E-state index contributed by atoms with van der Waals surface area (Å²) in [5.41, 5.74) is 1.70. The van der Waals surface area contributed by atoms with Crippen molar-refractivity contribution >= 4 is 5.91 Å². The molecule has 7 heteroatoms. The number of aryl methyl sites for hydroxylation is 1. The predicted octanol–water partition coefficient (Wildman–Crippen LogP) is 2.32. The molecular weight excluding hydrogens is 308 g/mol. The molecule has 2 aromatic rings. The molecule has 3 heterocycles. The van der Waals surface area contributed by atoms with Gasteiger partial charge in [0.1, 0.15) is 5.82 Å². The molecule has 24 heavy (non-hydrogen) atoms. The first-order valence-electron chi connectivity index (χ1n) is 8.48. The molecule has 0 spiro atoms. The number of hydrogen-bond donors (Lipinski definition) is 0. The number of carbonyl (C=O) groups excluding carboxylic acids is 1. The van der Waals surface area contributed by atoms with E-state index in [1.807, 2.05) is 13.1 Å². The molecule has 4 rings (SSSR count). The van der Waals surface area contributed by atoms with Crippen LogP contribution in [0.15, 0.2) is 17.0 Å². The van der Waals surface area contributed by atoms with Crippen molar-refractivity contribution in [1.29, 1.82) is 0 Å². The Bertz CT molecular complexity index is 747. The summed E-state index contributed by atoms with van der Waals surface area (Å²) in [6.07, 6.45) is 5.76. The standard InChI is InChI=1S/C17H22N4O3/c1-11-15(24-10-19-11)17(22)20-5-6-21-14(7-18-16(21)12(20)2)9-23-8-13-3-4-13/h7,10,12-13H,3-6,8-9H2,1-2H3/t12-/m0/s1. The number of rotatable bonds is 5. The average molecular weight is 330 g/mol. The van der Waals surface area contributed by atoms with Gasteiger partial charge in [0, 0.05) is 19.7 Å². The van der Waals surface area contributed by atoms with E-state index >= 15 is 0 Å². The highest BCUT2D eigenvalue weighted by molar-refractivity contribution is 5.92. The maximum atomic E-state index is 12.7. The number of fused-ring (bicyclic) bond motifs is 1. The summed E-state index contributed by atoms with van der Waals surface area (Å²) in [6.45, 7) is 6.55. The smallest absolute Gasteiger partial charge is 0.292 e. The number of carbonyl (C=O) groups is 1. The van der Waals surface area contributed by atoms with E-state index in [1.165, 1.54) is 19.2 Å². The summed E-state index contributed by atoms with van der Waals surface area (Å²) in [5.74, 6) is 1.84. The zero-order valence-corrected chi connectivity index (χ0v) is 14.1. The number of imidazole rings is 1. The molecule has 1 aliphatic carbocycles. The maximum absolute atomic E-state index is 12.7. The van der Waals surface area contributed by atoms with Gasteiger partial charge >= 0.3 is 0 Å². The Balaban J connectivity index is 1.48. The summed E-state index contributed by atoms with van der Waals surface area (Å²) in [6, 6.07) is -0.104. The monoisotopic (exact) mass is 330 g/mol. The summed E-state index contributed by atoms with van der Waals surface area (Å²) in [4.78, 5) is 23.0. The molecule has 0 N–H and O–H groups in total. The van der Waals surface area contributed by atoms with Gasteiger partial charge in [-0.15, -0.1) is 0 Å². The Morgan fingerprint density at radius 1 is 1.38 bits per heavy atom. The SMILES string of the molecule is Cc1ncoc1C(=O)N1CCn2c(COCC3CC3)cnc2[C@@H]1C. The molecule has 0 radical (unpaired) electrons. The first-order chi connectivity index (χ1) is 11.6. The largest absolute Gasteiger partial charge is 0.438 e. The Hall–Kier alpha value is -2.15. The Kier molecular flexibility index (Phi) is 3.88. The van der Waals surface area contributed by atoms with Gasteiger partial charge in [0.2, 0.25) is 5.76 Å². The number of aromatic nitrogens is 3. The second kappa shape index (κ2) is 6.05. The highest BCUT2D eigenvalue weighted by atomic mass is 16.5. The Morgan fingerprint density at radius 3 is 2.92 bits per heavy atom. The molecule has 0 saturated heterocycles. The van der Waals surface area contributed by atoms with E-state index in [-0.39, 0.29) is 11.9 Å². The van der Waals surface area contributed by atoms with Crippen LogP contribution in [0.25, 0.3) is 0 Å². The van der Waals surface area contributed by atoms with Crippen LogP contribution >= 0.6 is 0 Å². The third-order valence-corrected chi connectivity index (χ3v) is 4.88. The van der Waals surface area contributed by atoms with E-state index in [9.17, 15) is 4.79 Å². The molecule has 1 atom stereocenters. The van der Waals surface area contributed by atoms with Crippen LogP contribution in [-0.2, 0) is 17.9 Å². The molecule has 2 aromatic heterocycles. The van der Waals surface area contributed by atoms with Crippen molar-refractivity contribution in [3.05, 3.63) is 35.6 Å². The van der Waals surface area contributed by atoms with Crippen molar-refractivity contribution < 1.29 is 13.9 Å². The molecule has 0 unspecified atom stereocenters. The molecule has 1 fully saturated rings. The van der Waals surface area contributed by atoms with Gasteiger partial charge in [0.15, 0.2) is 6.39 Å². The molecule has 0 aromatic carbocycles. The minimum absolute atomic E-state index is 0.104. The second-order valence-electron chi connectivity index (χ2n) is 6.66. The van der Waals surface area contributed by atoms with Gasteiger partial charge in [0.05, 0.1) is 30.2 Å². The van der Waals surface area contributed by atoms with E-state index in [2.05, 4.69) is 14.5 Å². The van der Waals surface area contributed by atoms with Crippen LogP contribution < -0.4 is 0 Å². The second-order valence-corrected chi connectivity index (χ2v) is 6.66. The molecule has 0 bridgehead atoms. The van der Waals surface area contributed by atoms with Crippen molar-refractivity contribution in [2.75, 3.05) is 13.2 Å². The lowest BCUT2D eigenvalue weighted by molar-refractivity contribution is 0.0593. The number of ether oxygens (including phenoxy) is 1. The van der Waals surface area contributed by atoms with Crippen LogP contribution in [0.1, 0.15) is 53.6 Å². The van der Waals surface area contributed by atoms with Crippen molar-refractivity contribution in [3.63, 3.8) is 0 Å². The maximum Gasteiger partial charge on any atom is 0.292 e. The van der Waals surface area contributed by atoms with Crippen LogP contribution in [0.4, 0.5) is 0 Å². The van der Waals surface area contributed by atoms with Crippen LogP contribution in [0.2, 0.25) is 0 Å². The zero-order valence-electron chi connectivity index (χ0n) is 14.1. The average Bonchev–Trinajstić information content (AvgIpc) is 3.14. The van der Waals surface area contributed by atoms with Crippen LogP contribution in [0.3, 0.4) is 0 Å². The number of nitrogens with zero attached hydrogens (tertiary/aromatic N) is 4. The van der Waals surface area contributed by atoms with Gasteiger partial charge in [-0.1, -0.05) is 0 Å². The number of hydrogen-bond acceptors (Lipinski definition) is 5. The van der Waals surface area contributed by atoms with Gasteiger partial charge in [0.25, 0.3) is 5.91 Å². The van der Waals surface area contributed by atoms with Crippen molar-refractivity contribution in [1.82, 2.24) is 19.4 Å². The first-order valence-corrected chi connectivity index (χ1v) is 8.48. The minimum Gasteiger partial charge on any atom is -0.438 e. The van der Waals surface area contributed by atoms with E-state index in [4.69, 9.17) is 9.15 Å². The van der Waals surface area contributed by atoms with Crippen molar-refractivity contribution in [3.8, 4) is 0 Å². The van der Waals surface area contributed by atoms with E-state index < -0.39 is 0 Å². The third-order valence-electron chi connectivity index (χ3n) is 4.88. The highest BCUT2D eigenvalue weighted by Crippen LogP contribution is 2.30. The summed E-state index contributed by atoms with van der Waals surface area (Å²) < 4.78 is 13.2. The molecule has 1 aliphatic heterocycles. The van der Waals surface area contributed by atoms with Gasteiger partial charge in [-0.3, -0.25) is 4.79 Å². The van der Waals surface area contributed by atoms with Gasteiger partial charge < -0.3 is 18.6 Å². The summed E-state index contributed by atoms with van der Waals surface area (Å²) in [5, 5.41) is 0. The van der Waals surface area contributed by atoms with Crippen LogP contribution in [-0.4, -0.2) is 38.5 Å². The lowest BCUT2D eigenvalue weighted by Gasteiger charge is -2.34. The van der Waals surface area contributed by atoms with Crippen molar-refractivity contribution in [2.24, 2.45) is 5.92 Å². The molecule has 128 valence electrons. The highest BCUT2D eigenvalue weighted by Gasteiger charge is 2.33. The van der Waals surface area contributed by atoms with Crippen LogP contribution in [0.5, 0.6) is 0 Å². The van der Waals surface area contributed by atoms with Crippen LogP contribution in [0, 0.1) is 12.8 Å². The predicted molar refractivity (Wildman–Crippen MR) is 85.3 cm³/mol. The first kappa shape index (κ1) is 15.4. The Labute approximate surface area is 140 Å². The fourth-order valence-corrected chi connectivity index (χ4v) is 3.20. The topological polar surface area (TPSA) is 73.4 Å².